The maximum absolute atomic E-state index is 14.5. The molecule has 1 saturated carbocycles. The highest BCUT2D eigenvalue weighted by Crippen LogP contribution is 2.38. The summed E-state index contributed by atoms with van der Waals surface area (Å²) >= 11 is 5.95. The van der Waals surface area contributed by atoms with E-state index in [1.807, 2.05) is 6.07 Å². The molecule has 5 rings (SSSR count). The Labute approximate surface area is 231 Å². The Bertz CT molecular complexity index is 1350. The van der Waals surface area contributed by atoms with Gasteiger partial charge in [-0.15, -0.1) is 0 Å². The number of benzene rings is 2. The summed E-state index contributed by atoms with van der Waals surface area (Å²) in [7, 11) is 5.09. The molecule has 11 heteroatoms. The SMILES string of the molecule is COc1cc2ncnc(Nc3cccc(Cl)c3F)c2cc1O[C@H]1CC[C@@H](N2C[C@H](O)C[C@H]2C(=O)N(C)C)CC1. The van der Waals surface area contributed by atoms with Gasteiger partial charge in [0.25, 0.3) is 0 Å². The van der Waals surface area contributed by atoms with E-state index >= 15 is 0 Å². The van der Waals surface area contributed by atoms with Crippen molar-refractivity contribution in [3.05, 3.63) is 47.5 Å². The van der Waals surface area contributed by atoms with E-state index in [9.17, 15) is 14.3 Å². The molecule has 2 heterocycles. The van der Waals surface area contributed by atoms with Crippen LogP contribution in [0.1, 0.15) is 32.1 Å². The van der Waals surface area contributed by atoms with Crippen molar-refractivity contribution in [3.8, 4) is 11.5 Å². The van der Waals surface area contributed by atoms with Gasteiger partial charge in [-0.1, -0.05) is 17.7 Å². The summed E-state index contributed by atoms with van der Waals surface area (Å²) in [5.74, 6) is 0.988. The van der Waals surface area contributed by atoms with E-state index in [0.717, 1.165) is 25.7 Å². The fourth-order valence-electron chi connectivity index (χ4n) is 5.60. The van der Waals surface area contributed by atoms with E-state index in [1.54, 1.807) is 44.3 Å². The van der Waals surface area contributed by atoms with Crippen molar-refractivity contribution in [1.29, 1.82) is 0 Å². The third-order valence-electron chi connectivity index (χ3n) is 7.57. The molecule has 2 atom stereocenters. The van der Waals surface area contributed by atoms with Crippen LogP contribution >= 0.6 is 11.6 Å². The van der Waals surface area contributed by atoms with Gasteiger partial charge >= 0.3 is 0 Å². The summed E-state index contributed by atoms with van der Waals surface area (Å²) in [5.41, 5.74) is 0.823. The molecule has 2 N–H and O–H groups in total. The lowest BCUT2D eigenvalue weighted by molar-refractivity contribution is -0.134. The van der Waals surface area contributed by atoms with Crippen molar-refractivity contribution in [2.24, 2.45) is 0 Å². The Hall–Kier alpha value is -3.21. The number of nitrogens with one attached hydrogen (secondary N) is 1. The molecule has 1 saturated heterocycles. The number of nitrogens with zero attached hydrogens (tertiary/aromatic N) is 4. The zero-order chi connectivity index (χ0) is 27.7. The predicted octanol–water partition coefficient (Wildman–Crippen LogP) is 4.39. The molecule has 1 aliphatic heterocycles. The molecule has 2 fully saturated rings. The first-order chi connectivity index (χ1) is 18.7. The second-order valence-corrected chi connectivity index (χ2v) is 10.8. The minimum Gasteiger partial charge on any atom is -0.493 e. The number of carbonyl (C=O) groups is 1. The van der Waals surface area contributed by atoms with Gasteiger partial charge in [0, 0.05) is 38.1 Å². The number of ether oxygens (including phenoxy) is 2. The summed E-state index contributed by atoms with van der Waals surface area (Å²) in [6.45, 7) is 0.516. The van der Waals surface area contributed by atoms with E-state index in [0.29, 0.717) is 41.2 Å². The number of rotatable bonds is 7. The van der Waals surface area contributed by atoms with E-state index in [4.69, 9.17) is 21.1 Å². The number of aliphatic hydroxyl groups is 1. The molecule has 0 bridgehead atoms. The molecule has 208 valence electrons. The molecule has 0 spiro atoms. The highest BCUT2D eigenvalue weighted by molar-refractivity contribution is 6.31. The van der Waals surface area contributed by atoms with Gasteiger partial charge in [-0.3, -0.25) is 9.69 Å². The number of fused-ring (bicyclic) bond motifs is 1. The summed E-state index contributed by atoms with van der Waals surface area (Å²) in [4.78, 5) is 25.1. The van der Waals surface area contributed by atoms with Crippen LogP contribution in [0.15, 0.2) is 36.7 Å². The van der Waals surface area contributed by atoms with Crippen LogP contribution < -0.4 is 14.8 Å². The summed E-state index contributed by atoms with van der Waals surface area (Å²) in [5, 5.41) is 14.0. The fraction of sp³-hybridized carbons (Fsp3) is 0.464. The highest BCUT2D eigenvalue weighted by Gasteiger charge is 2.41. The maximum Gasteiger partial charge on any atom is 0.239 e. The second kappa shape index (κ2) is 11.5. The monoisotopic (exact) mass is 557 g/mol. The van der Waals surface area contributed by atoms with E-state index in [1.165, 1.54) is 12.4 Å². The molecule has 3 aromatic rings. The lowest BCUT2D eigenvalue weighted by Gasteiger charge is -2.38. The van der Waals surface area contributed by atoms with Crippen LogP contribution in [0, 0.1) is 5.82 Å². The molecule has 39 heavy (non-hydrogen) atoms. The lowest BCUT2D eigenvalue weighted by Crippen LogP contribution is -2.49. The van der Waals surface area contributed by atoms with E-state index < -0.39 is 11.9 Å². The zero-order valence-corrected chi connectivity index (χ0v) is 23.0. The number of β-amino-alcohol motifs (C(OH)–C–C–N with tert-alkyl or cyclic N) is 1. The quantitative estimate of drug-likeness (QED) is 0.441. The molecule has 1 aliphatic carbocycles. The first-order valence-corrected chi connectivity index (χ1v) is 13.5. The minimum atomic E-state index is -0.562. The number of aromatic nitrogens is 2. The van der Waals surface area contributed by atoms with Crippen molar-refractivity contribution >= 4 is 39.9 Å². The van der Waals surface area contributed by atoms with Gasteiger partial charge in [0.05, 0.1) is 41.6 Å². The normalized spacial score (nSPS) is 23.5. The third-order valence-corrected chi connectivity index (χ3v) is 7.87. The molecular formula is C28H33ClFN5O4. The second-order valence-electron chi connectivity index (χ2n) is 10.4. The van der Waals surface area contributed by atoms with E-state index in [-0.39, 0.29) is 34.8 Å². The molecule has 0 unspecified atom stereocenters. The molecule has 2 aliphatic rings. The highest BCUT2D eigenvalue weighted by atomic mass is 35.5. The number of hydrogen-bond donors (Lipinski definition) is 2. The number of aliphatic hydroxyl groups excluding tert-OH is 1. The van der Waals surface area contributed by atoms with Crippen LogP contribution in [0.2, 0.25) is 5.02 Å². The minimum absolute atomic E-state index is 0.0143. The van der Waals surface area contributed by atoms with Crippen LogP contribution in [-0.2, 0) is 4.79 Å². The smallest absolute Gasteiger partial charge is 0.239 e. The van der Waals surface area contributed by atoms with Gasteiger partial charge in [-0.25, -0.2) is 14.4 Å². The average molecular weight is 558 g/mol. The van der Waals surface area contributed by atoms with Crippen LogP contribution in [0.4, 0.5) is 15.9 Å². The average Bonchev–Trinajstić information content (AvgIpc) is 3.32. The number of anilines is 2. The first kappa shape index (κ1) is 27.4. The Morgan fingerprint density at radius 3 is 2.67 bits per heavy atom. The van der Waals surface area contributed by atoms with Crippen LogP contribution in [0.5, 0.6) is 11.5 Å². The topological polar surface area (TPSA) is 100 Å². The Balaban J connectivity index is 1.32. The summed E-state index contributed by atoms with van der Waals surface area (Å²) < 4.78 is 26.6. The van der Waals surface area contributed by atoms with Gasteiger partial charge in [0.15, 0.2) is 17.3 Å². The Morgan fingerprint density at radius 1 is 1.18 bits per heavy atom. The van der Waals surface area contributed by atoms with Crippen molar-refractivity contribution < 1.29 is 23.8 Å². The molecule has 1 amide bonds. The van der Waals surface area contributed by atoms with Gasteiger partial charge < -0.3 is 24.8 Å². The van der Waals surface area contributed by atoms with Crippen molar-refractivity contribution in [2.45, 2.75) is 56.4 Å². The summed E-state index contributed by atoms with van der Waals surface area (Å²) in [6.07, 6.45) is 4.64. The lowest BCUT2D eigenvalue weighted by atomic mass is 9.91. The number of likely N-dealkylation sites (tertiary alicyclic amines) is 1. The predicted molar refractivity (Wildman–Crippen MR) is 147 cm³/mol. The van der Waals surface area contributed by atoms with Gasteiger partial charge in [-0.2, -0.15) is 0 Å². The third kappa shape index (κ3) is 5.73. The van der Waals surface area contributed by atoms with Crippen LogP contribution in [-0.4, -0.2) is 82.8 Å². The standard InChI is InChI=1S/C28H33ClFN5O4/c1-34(2)28(37)23-11-17(36)14-35(23)16-7-9-18(10-8-16)39-25-12-19-22(13-24(25)38-3)31-15-32-27(19)33-21-6-4-5-20(29)26(21)30/h4-6,12-13,15-18,23,36H,7-11,14H2,1-3H3,(H,31,32,33)/t16-,17-,18+,23+/m1/s1. The first-order valence-electron chi connectivity index (χ1n) is 13.1. The molecule has 0 radical (unpaired) electrons. The molecular weight excluding hydrogens is 525 g/mol. The van der Waals surface area contributed by atoms with Crippen LogP contribution in [0.25, 0.3) is 10.9 Å². The number of carbonyl (C=O) groups excluding carboxylic acids is 1. The molecule has 9 nitrogen and oxygen atoms in total. The Kier molecular flexibility index (Phi) is 8.06. The number of halogens is 2. The number of amides is 1. The van der Waals surface area contributed by atoms with Crippen molar-refractivity contribution in [1.82, 2.24) is 19.8 Å². The van der Waals surface area contributed by atoms with Gasteiger partial charge in [0.2, 0.25) is 5.91 Å². The van der Waals surface area contributed by atoms with Crippen molar-refractivity contribution in [3.63, 3.8) is 0 Å². The summed E-state index contributed by atoms with van der Waals surface area (Å²) in [6, 6.07) is 8.25. The zero-order valence-electron chi connectivity index (χ0n) is 22.2. The van der Waals surface area contributed by atoms with E-state index in [2.05, 4.69) is 20.2 Å². The van der Waals surface area contributed by atoms with Gasteiger partial charge in [0.1, 0.15) is 12.1 Å². The fourth-order valence-corrected chi connectivity index (χ4v) is 5.77. The number of hydrogen-bond acceptors (Lipinski definition) is 8. The van der Waals surface area contributed by atoms with Crippen LogP contribution in [0.3, 0.4) is 0 Å². The largest absolute Gasteiger partial charge is 0.493 e. The van der Waals surface area contributed by atoms with Gasteiger partial charge in [-0.05, 0) is 50.3 Å². The molecule has 2 aromatic carbocycles. The number of methoxy groups -OCH3 is 1. The Morgan fingerprint density at radius 2 is 1.95 bits per heavy atom. The molecule has 1 aromatic heterocycles. The van der Waals surface area contributed by atoms with Crippen molar-refractivity contribution in [2.75, 3.05) is 33.1 Å². The number of likely N-dealkylation sites (N-methyl/N-ethyl adjacent to an activating group) is 1. The maximum atomic E-state index is 14.5.